The van der Waals surface area contributed by atoms with E-state index in [4.69, 9.17) is 34.1 Å². The van der Waals surface area contributed by atoms with Crippen LogP contribution >= 0.6 is 23.2 Å². The van der Waals surface area contributed by atoms with Gasteiger partial charge in [-0.1, -0.05) is 46.6 Å². The Morgan fingerprint density at radius 2 is 2.08 bits per heavy atom. The Hall–Kier alpha value is -0.770. The summed E-state index contributed by atoms with van der Waals surface area (Å²) < 4.78 is 0. The minimum atomic E-state index is -0.870. The summed E-state index contributed by atoms with van der Waals surface area (Å²) in [7, 11) is 0. The number of nitrogens with two attached hydrogens (primary N) is 1. The molecule has 1 atom stereocenters. The summed E-state index contributed by atoms with van der Waals surface area (Å²) in [5.41, 5.74) is 5.19. The predicted molar refractivity (Wildman–Crippen MR) is 53.6 cm³/mol. The maximum absolute atomic E-state index is 8.64. The monoisotopic (exact) mass is 218 g/mol. The molecule has 3 N–H and O–H groups in total. The zero-order valence-electron chi connectivity index (χ0n) is 6.61. The third kappa shape index (κ3) is 2.34. The first-order valence-corrected chi connectivity index (χ1v) is 4.34. The van der Waals surface area contributed by atoms with Gasteiger partial charge >= 0.3 is 0 Å². The number of hydrogen-bond donors (Lipinski definition) is 2. The molecule has 5 heteroatoms. The number of hydrogen-bond acceptors (Lipinski definition) is 3. The molecule has 0 saturated carbocycles. The molecule has 0 bridgehead atoms. The average Bonchev–Trinajstić information content (AvgIpc) is 2.09. The van der Waals surface area contributed by atoms with Crippen molar-refractivity contribution in [2.24, 2.45) is 10.9 Å². The van der Waals surface area contributed by atoms with Crippen LogP contribution in [0.1, 0.15) is 5.56 Å². The lowest BCUT2D eigenvalue weighted by atomic mass is 10.1. The van der Waals surface area contributed by atoms with E-state index in [1.165, 1.54) is 0 Å². The normalized spacial score (nSPS) is 14.2. The fourth-order valence-electron chi connectivity index (χ4n) is 0.927. The molecule has 1 unspecified atom stereocenters. The Morgan fingerprint density at radius 1 is 1.46 bits per heavy atom. The van der Waals surface area contributed by atoms with Gasteiger partial charge in [0.05, 0.1) is 0 Å². The number of benzene rings is 1. The lowest BCUT2D eigenvalue weighted by molar-refractivity contribution is 0.318. The van der Waals surface area contributed by atoms with E-state index in [-0.39, 0.29) is 5.71 Å². The molecule has 0 aliphatic rings. The molecule has 0 spiro atoms. The van der Waals surface area contributed by atoms with Crippen molar-refractivity contribution in [1.29, 1.82) is 0 Å². The molecule has 13 heavy (non-hydrogen) atoms. The molecule has 0 amide bonds. The third-order valence-electron chi connectivity index (χ3n) is 1.52. The molecule has 3 nitrogen and oxygen atoms in total. The van der Waals surface area contributed by atoms with Gasteiger partial charge in [-0.15, -0.1) is 0 Å². The fourth-order valence-corrected chi connectivity index (χ4v) is 1.32. The van der Waals surface area contributed by atoms with Crippen LogP contribution in [0.2, 0.25) is 5.02 Å². The van der Waals surface area contributed by atoms with Gasteiger partial charge in [0.15, 0.2) is 0 Å². The van der Waals surface area contributed by atoms with Crippen molar-refractivity contribution >= 4 is 28.9 Å². The first-order valence-electron chi connectivity index (χ1n) is 3.53. The van der Waals surface area contributed by atoms with E-state index < -0.39 is 5.50 Å². The van der Waals surface area contributed by atoms with Crippen molar-refractivity contribution in [2.75, 3.05) is 0 Å². The summed E-state index contributed by atoms with van der Waals surface area (Å²) in [5, 5.41) is 12.1. The zero-order chi connectivity index (χ0) is 9.84. The van der Waals surface area contributed by atoms with Crippen molar-refractivity contribution < 1.29 is 5.21 Å². The maximum atomic E-state index is 8.64. The molecule has 0 fully saturated rings. The molecule has 1 aromatic rings. The van der Waals surface area contributed by atoms with E-state index in [0.29, 0.717) is 10.6 Å². The zero-order valence-corrected chi connectivity index (χ0v) is 8.13. The molecule has 0 aromatic heterocycles. The molecule has 70 valence electrons. The molecule has 0 saturated heterocycles. The quantitative estimate of drug-likeness (QED) is 0.263. The Bertz CT molecular complexity index is 326. The fraction of sp³-hybridized carbons (Fsp3) is 0.125. The van der Waals surface area contributed by atoms with Crippen LogP contribution in [-0.4, -0.2) is 16.4 Å². The number of nitrogens with zero attached hydrogens (tertiary/aromatic N) is 1. The van der Waals surface area contributed by atoms with Gasteiger partial charge in [-0.3, -0.25) is 0 Å². The molecular formula is C8H8Cl2N2O. The smallest absolute Gasteiger partial charge is 0.127 e. The molecule has 1 rings (SSSR count). The number of rotatable bonds is 2. The molecular weight excluding hydrogens is 211 g/mol. The Morgan fingerprint density at radius 3 is 2.54 bits per heavy atom. The van der Waals surface area contributed by atoms with E-state index >= 15 is 0 Å². The Kier molecular flexibility index (Phi) is 3.54. The molecule has 0 aliphatic heterocycles. The summed E-state index contributed by atoms with van der Waals surface area (Å²) in [6, 6.07) is 6.87. The predicted octanol–water partition coefficient (Wildman–Crippen LogP) is 2.04. The van der Waals surface area contributed by atoms with Gasteiger partial charge in [-0.05, 0) is 6.07 Å². The van der Waals surface area contributed by atoms with Crippen LogP contribution in [0.5, 0.6) is 0 Å². The van der Waals surface area contributed by atoms with Crippen LogP contribution in [0.4, 0.5) is 0 Å². The SMILES string of the molecule is NC(Cl)/C(=N\O)c1ccccc1Cl. The van der Waals surface area contributed by atoms with Crippen molar-refractivity contribution in [3.8, 4) is 0 Å². The van der Waals surface area contributed by atoms with E-state index in [2.05, 4.69) is 5.16 Å². The second-order valence-electron chi connectivity index (χ2n) is 2.37. The number of alkyl halides is 1. The van der Waals surface area contributed by atoms with Crippen LogP contribution in [0.15, 0.2) is 29.4 Å². The summed E-state index contributed by atoms with van der Waals surface area (Å²) in [6.07, 6.45) is 0. The van der Waals surface area contributed by atoms with Gasteiger partial charge < -0.3 is 10.9 Å². The highest BCUT2D eigenvalue weighted by atomic mass is 35.5. The standard InChI is InChI=1S/C8H8Cl2N2O/c9-6-4-2-1-3-5(6)7(12-13)8(10)11/h1-4,8,13H,11H2/b12-7-. The lowest BCUT2D eigenvalue weighted by Gasteiger charge is -2.07. The highest BCUT2D eigenvalue weighted by Crippen LogP contribution is 2.17. The van der Waals surface area contributed by atoms with Crippen molar-refractivity contribution in [2.45, 2.75) is 5.50 Å². The van der Waals surface area contributed by atoms with Crippen molar-refractivity contribution in [3.05, 3.63) is 34.9 Å². The first kappa shape index (κ1) is 10.3. The van der Waals surface area contributed by atoms with Gasteiger partial charge in [0, 0.05) is 10.6 Å². The van der Waals surface area contributed by atoms with Crippen LogP contribution in [0.3, 0.4) is 0 Å². The van der Waals surface area contributed by atoms with E-state index in [9.17, 15) is 0 Å². The van der Waals surface area contributed by atoms with E-state index in [1.807, 2.05) is 0 Å². The lowest BCUT2D eigenvalue weighted by Crippen LogP contribution is -2.25. The largest absolute Gasteiger partial charge is 0.411 e. The topological polar surface area (TPSA) is 58.6 Å². The van der Waals surface area contributed by atoms with Gasteiger partial charge in [0.25, 0.3) is 0 Å². The highest BCUT2D eigenvalue weighted by molar-refractivity contribution is 6.39. The van der Waals surface area contributed by atoms with Gasteiger partial charge in [-0.2, -0.15) is 0 Å². The highest BCUT2D eigenvalue weighted by Gasteiger charge is 2.13. The summed E-state index contributed by atoms with van der Waals surface area (Å²) in [6.45, 7) is 0. The van der Waals surface area contributed by atoms with Crippen LogP contribution in [-0.2, 0) is 0 Å². The second kappa shape index (κ2) is 4.46. The second-order valence-corrected chi connectivity index (χ2v) is 3.24. The van der Waals surface area contributed by atoms with Crippen molar-refractivity contribution in [1.82, 2.24) is 0 Å². The van der Waals surface area contributed by atoms with Crippen LogP contribution in [0, 0.1) is 0 Å². The maximum Gasteiger partial charge on any atom is 0.127 e. The first-order chi connectivity index (χ1) is 6.16. The number of halogens is 2. The third-order valence-corrected chi connectivity index (χ3v) is 2.06. The summed E-state index contributed by atoms with van der Waals surface area (Å²) >= 11 is 11.4. The van der Waals surface area contributed by atoms with Crippen LogP contribution < -0.4 is 5.73 Å². The number of oxime groups is 1. The van der Waals surface area contributed by atoms with Gasteiger partial charge in [0.1, 0.15) is 11.2 Å². The molecule has 0 aliphatic carbocycles. The minimum Gasteiger partial charge on any atom is -0.411 e. The summed E-state index contributed by atoms with van der Waals surface area (Å²) in [5.74, 6) is 0. The van der Waals surface area contributed by atoms with Crippen molar-refractivity contribution in [3.63, 3.8) is 0 Å². The Balaban J connectivity index is 3.13. The van der Waals surface area contributed by atoms with Gasteiger partial charge in [-0.25, -0.2) is 0 Å². The average molecular weight is 219 g/mol. The van der Waals surface area contributed by atoms with Crippen LogP contribution in [0.25, 0.3) is 0 Å². The summed E-state index contributed by atoms with van der Waals surface area (Å²) in [4.78, 5) is 0. The van der Waals surface area contributed by atoms with E-state index in [0.717, 1.165) is 0 Å². The van der Waals surface area contributed by atoms with E-state index in [1.54, 1.807) is 24.3 Å². The van der Waals surface area contributed by atoms with Gasteiger partial charge in [0.2, 0.25) is 0 Å². The minimum absolute atomic E-state index is 0.160. The Labute approximate surface area is 85.8 Å². The molecule has 1 aromatic carbocycles. The molecule has 0 radical (unpaired) electrons. The molecule has 0 heterocycles.